The van der Waals surface area contributed by atoms with Crippen molar-refractivity contribution in [2.24, 2.45) is 0 Å². The summed E-state index contributed by atoms with van der Waals surface area (Å²) in [7, 11) is 0. The van der Waals surface area contributed by atoms with Gasteiger partial charge in [-0.1, -0.05) is 18.2 Å². The molecule has 144 valence electrons. The largest absolute Gasteiger partial charge is 0.456 e. The summed E-state index contributed by atoms with van der Waals surface area (Å²) in [5.41, 5.74) is 4.70. The van der Waals surface area contributed by atoms with Crippen LogP contribution in [0.15, 0.2) is 30.6 Å². The predicted molar refractivity (Wildman–Crippen MR) is 102 cm³/mol. The highest BCUT2D eigenvalue weighted by atomic mass is 16.5. The Kier molecular flexibility index (Phi) is 4.77. The van der Waals surface area contributed by atoms with Gasteiger partial charge in [0.05, 0.1) is 0 Å². The minimum Gasteiger partial charge on any atom is -0.456 e. The SMILES string of the molecule is Cc1nc2ncnn2c(C)c1CCC(=O)OCC(=O)N1CCc2ccccc21. The zero-order chi connectivity index (χ0) is 19.7. The summed E-state index contributed by atoms with van der Waals surface area (Å²) in [6.45, 7) is 4.19. The van der Waals surface area contributed by atoms with Gasteiger partial charge in [0.1, 0.15) is 6.33 Å². The molecule has 8 heteroatoms. The Morgan fingerprint density at radius 2 is 2.04 bits per heavy atom. The molecule has 3 aromatic rings. The van der Waals surface area contributed by atoms with Gasteiger partial charge < -0.3 is 9.64 Å². The molecule has 0 radical (unpaired) electrons. The minimum atomic E-state index is -0.404. The lowest BCUT2D eigenvalue weighted by molar-refractivity contribution is -0.147. The van der Waals surface area contributed by atoms with Crippen LogP contribution in [0.1, 0.15) is 28.9 Å². The van der Waals surface area contributed by atoms with Crippen LogP contribution >= 0.6 is 0 Å². The van der Waals surface area contributed by atoms with Crippen LogP contribution in [0.2, 0.25) is 0 Å². The summed E-state index contributed by atoms with van der Waals surface area (Å²) < 4.78 is 6.87. The zero-order valence-electron chi connectivity index (χ0n) is 15.9. The molecule has 0 atom stereocenters. The Labute approximate surface area is 162 Å². The van der Waals surface area contributed by atoms with Crippen LogP contribution in [0, 0.1) is 13.8 Å². The highest BCUT2D eigenvalue weighted by Gasteiger charge is 2.25. The number of carbonyl (C=O) groups excluding carboxylic acids is 2. The van der Waals surface area contributed by atoms with E-state index in [2.05, 4.69) is 15.1 Å². The number of nitrogens with zero attached hydrogens (tertiary/aromatic N) is 5. The van der Waals surface area contributed by atoms with Gasteiger partial charge in [0, 0.05) is 30.0 Å². The van der Waals surface area contributed by atoms with Gasteiger partial charge in [0.25, 0.3) is 11.7 Å². The molecule has 1 amide bonds. The first-order chi connectivity index (χ1) is 13.5. The van der Waals surface area contributed by atoms with Gasteiger partial charge in [-0.15, -0.1) is 0 Å². The molecular formula is C20H21N5O3. The predicted octanol–water partition coefficient (Wildman–Crippen LogP) is 1.81. The van der Waals surface area contributed by atoms with E-state index in [-0.39, 0.29) is 18.9 Å². The van der Waals surface area contributed by atoms with Crippen LogP contribution in [-0.4, -0.2) is 44.6 Å². The second-order valence-electron chi connectivity index (χ2n) is 6.82. The number of anilines is 1. The number of esters is 1. The van der Waals surface area contributed by atoms with Gasteiger partial charge in [-0.05, 0) is 43.9 Å². The first-order valence-corrected chi connectivity index (χ1v) is 9.24. The molecule has 1 aliphatic rings. The zero-order valence-corrected chi connectivity index (χ0v) is 15.9. The number of amides is 1. The molecule has 0 fully saturated rings. The molecule has 0 spiro atoms. The fraction of sp³-hybridized carbons (Fsp3) is 0.350. The molecule has 0 bridgehead atoms. The van der Waals surface area contributed by atoms with Crippen LogP contribution < -0.4 is 4.90 Å². The number of para-hydroxylation sites is 1. The number of hydrogen-bond donors (Lipinski definition) is 0. The molecule has 0 saturated heterocycles. The van der Waals surface area contributed by atoms with Gasteiger partial charge in [-0.25, -0.2) is 9.50 Å². The summed E-state index contributed by atoms with van der Waals surface area (Å²) in [6, 6.07) is 7.80. The van der Waals surface area contributed by atoms with Crippen LogP contribution in [0.3, 0.4) is 0 Å². The average Bonchev–Trinajstić information content (AvgIpc) is 3.32. The maximum Gasteiger partial charge on any atom is 0.306 e. The van der Waals surface area contributed by atoms with Gasteiger partial charge in [0.2, 0.25) is 0 Å². The molecule has 0 N–H and O–H groups in total. The van der Waals surface area contributed by atoms with E-state index < -0.39 is 5.97 Å². The van der Waals surface area contributed by atoms with E-state index in [0.717, 1.165) is 34.6 Å². The van der Waals surface area contributed by atoms with Crippen LogP contribution in [-0.2, 0) is 27.2 Å². The van der Waals surface area contributed by atoms with Gasteiger partial charge >= 0.3 is 5.97 Å². The third-order valence-corrected chi connectivity index (χ3v) is 5.11. The van der Waals surface area contributed by atoms with E-state index in [1.54, 1.807) is 9.42 Å². The first-order valence-electron chi connectivity index (χ1n) is 9.24. The molecule has 2 aromatic heterocycles. The topological polar surface area (TPSA) is 89.7 Å². The van der Waals surface area contributed by atoms with E-state index in [1.807, 2.05) is 38.1 Å². The standard InChI is InChI=1S/C20H21N5O3/c1-13-16(14(2)25-20(23-13)21-12-22-25)7-8-19(27)28-11-18(26)24-10-9-15-5-3-4-6-17(15)24/h3-6,12H,7-11H2,1-2H3. The van der Waals surface area contributed by atoms with Crippen molar-refractivity contribution in [1.82, 2.24) is 19.6 Å². The van der Waals surface area contributed by atoms with Crippen molar-refractivity contribution in [2.45, 2.75) is 33.1 Å². The average molecular weight is 379 g/mol. The van der Waals surface area contributed by atoms with Gasteiger partial charge in [-0.2, -0.15) is 10.1 Å². The highest BCUT2D eigenvalue weighted by molar-refractivity contribution is 5.97. The molecule has 4 rings (SSSR count). The quantitative estimate of drug-likeness (QED) is 0.628. The number of carbonyl (C=O) groups is 2. The Balaban J connectivity index is 1.34. The normalized spacial score (nSPS) is 13.0. The molecule has 3 heterocycles. The number of ether oxygens (including phenoxy) is 1. The van der Waals surface area contributed by atoms with Gasteiger partial charge in [-0.3, -0.25) is 9.59 Å². The van der Waals surface area contributed by atoms with Crippen molar-refractivity contribution in [2.75, 3.05) is 18.1 Å². The van der Waals surface area contributed by atoms with E-state index in [9.17, 15) is 9.59 Å². The Morgan fingerprint density at radius 1 is 1.21 bits per heavy atom. The smallest absolute Gasteiger partial charge is 0.306 e. The van der Waals surface area contributed by atoms with Crippen molar-refractivity contribution in [3.05, 3.63) is 53.1 Å². The van der Waals surface area contributed by atoms with Crippen molar-refractivity contribution in [1.29, 1.82) is 0 Å². The summed E-state index contributed by atoms with van der Waals surface area (Å²) in [5.74, 6) is -0.0625. The third-order valence-electron chi connectivity index (χ3n) is 5.11. The third kappa shape index (κ3) is 3.33. The summed E-state index contributed by atoms with van der Waals surface area (Å²) in [4.78, 5) is 34.8. The molecule has 0 unspecified atom stereocenters. The van der Waals surface area contributed by atoms with E-state index in [4.69, 9.17) is 4.74 Å². The van der Waals surface area contributed by atoms with Crippen molar-refractivity contribution < 1.29 is 14.3 Å². The van der Waals surface area contributed by atoms with E-state index >= 15 is 0 Å². The lowest BCUT2D eigenvalue weighted by Crippen LogP contribution is -2.33. The molecule has 1 aromatic carbocycles. The minimum absolute atomic E-state index is 0.174. The Morgan fingerprint density at radius 3 is 2.89 bits per heavy atom. The second-order valence-corrected chi connectivity index (χ2v) is 6.82. The number of fused-ring (bicyclic) bond motifs is 2. The highest BCUT2D eigenvalue weighted by Crippen LogP contribution is 2.27. The lowest BCUT2D eigenvalue weighted by Gasteiger charge is -2.17. The number of aromatic nitrogens is 4. The van der Waals surface area contributed by atoms with Crippen molar-refractivity contribution >= 4 is 23.3 Å². The fourth-order valence-electron chi connectivity index (χ4n) is 3.63. The van der Waals surface area contributed by atoms with Crippen molar-refractivity contribution in [3.63, 3.8) is 0 Å². The number of benzene rings is 1. The Bertz CT molecular complexity index is 1060. The molecule has 8 nitrogen and oxygen atoms in total. The monoisotopic (exact) mass is 379 g/mol. The molecule has 1 aliphatic heterocycles. The van der Waals surface area contributed by atoms with Gasteiger partial charge in [0.15, 0.2) is 6.61 Å². The molecular weight excluding hydrogens is 358 g/mol. The van der Waals surface area contributed by atoms with E-state index in [1.165, 1.54) is 6.33 Å². The molecule has 28 heavy (non-hydrogen) atoms. The number of aryl methyl sites for hydroxylation is 2. The van der Waals surface area contributed by atoms with Crippen LogP contribution in [0.25, 0.3) is 5.78 Å². The molecule has 0 aliphatic carbocycles. The second kappa shape index (κ2) is 7.38. The fourth-order valence-corrected chi connectivity index (χ4v) is 3.63. The first kappa shape index (κ1) is 18.1. The van der Waals surface area contributed by atoms with Crippen molar-refractivity contribution in [3.8, 4) is 0 Å². The van der Waals surface area contributed by atoms with E-state index in [0.29, 0.717) is 18.7 Å². The van der Waals surface area contributed by atoms with Crippen LogP contribution in [0.4, 0.5) is 5.69 Å². The number of rotatable bonds is 5. The molecule has 0 saturated carbocycles. The summed E-state index contributed by atoms with van der Waals surface area (Å²) in [5, 5.41) is 4.15. The maximum absolute atomic E-state index is 12.4. The summed E-state index contributed by atoms with van der Waals surface area (Å²) >= 11 is 0. The van der Waals surface area contributed by atoms with Crippen LogP contribution in [0.5, 0.6) is 0 Å². The number of hydrogen-bond acceptors (Lipinski definition) is 6. The summed E-state index contributed by atoms with van der Waals surface area (Å²) in [6.07, 6.45) is 2.93. The Hall–Kier alpha value is -3.29. The lowest BCUT2D eigenvalue weighted by atomic mass is 10.1. The maximum atomic E-state index is 12.4.